The number of hydrogen-bond donors (Lipinski definition) is 1. The summed E-state index contributed by atoms with van der Waals surface area (Å²) in [5.41, 5.74) is 2.90. The highest BCUT2D eigenvalue weighted by molar-refractivity contribution is 5.99. The Kier molecular flexibility index (Phi) is 5.85. The molecule has 2 aliphatic carbocycles. The Bertz CT molecular complexity index is 1100. The maximum absolute atomic E-state index is 13.2. The predicted octanol–water partition coefficient (Wildman–Crippen LogP) is 5.96. The lowest BCUT2D eigenvalue weighted by atomic mass is 9.75. The number of benzene rings is 1. The zero-order valence-electron chi connectivity index (χ0n) is 20.0. The zero-order chi connectivity index (χ0) is 25.2. The summed E-state index contributed by atoms with van der Waals surface area (Å²) in [6, 6.07) is 3.64. The van der Waals surface area contributed by atoms with E-state index in [0.29, 0.717) is 29.7 Å². The van der Waals surface area contributed by atoms with Gasteiger partial charge in [-0.3, -0.25) is 9.59 Å². The van der Waals surface area contributed by atoms with Crippen LogP contribution < -0.4 is 4.90 Å². The second-order valence-electron chi connectivity index (χ2n) is 10.5. The molecule has 8 heteroatoms. The van der Waals surface area contributed by atoms with Crippen LogP contribution in [0.3, 0.4) is 0 Å². The molecule has 184 valence electrons. The summed E-state index contributed by atoms with van der Waals surface area (Å²) in [6.45, 7) is 9.65. The number of anilines is 1. The molecule has 1 heterocycles. The van der Waals surface area contributed by atoms with Crippen LogP contribution in [0.5, 0.6) is 0 Å². The van der Waals surface area contributed by atoms with E-state index in [0.717, 1.165) is 11.1 Å². The van der Waals surface area contributed by atoms with Gasteiger partial charge in [0.2, 0.25) is 5.91 Å². The topological polar surface area (TPSA) is 66.8 Å². The van der Waals surface area contributed by atoms with Gasteiger partial charge in [0.15, 0.2) is 0 Å². The van der Waals surface area contributed by atoms with Gasteiger partial charge in [0.1, 0.15) is 5.76 Å². The van der Waals surface area contributed by atoms with Crippen LogP contribution in [0.4, 0.5) is 18.9 Å². The Labute approximate surface area is 197 Å². The van der Waals surface area contributed by atoms with Gasteiger partial charge in [-0.05, 0) is 74.3 Å². The first-order valence-electron chi connectivity index (χ1n) is 11.6. The third kappa shape index (κ3) is 4.46. The summed E-state index contributed by atoms with van der Waals surface area (Å²) in [6.07, 6.45) is -0.553. The molecule has 1 aliphatic heterocycles. The highest BCUT2D eigenvalue weighted by atomic mass is 19.4. The van der Waals surface area contributed by atoms with Gasteiger partial charge in [-0.15, -0.1) is 13.2 Å². The van der Waals surface area contributed by atoms with E-state index in [4.69, 9.17) is 0 Å². The molecule has 1 aromatic rings. The Morgan fingerprint density at radius 1 is 1.26 bits per heavy atom. The van der Waals surface area contributed by atoms with Gasteiger partial charge in [-0.1, -0.05) is 26.0 Å². The number of carboxylic acid groups (broad SMARTS) is 1. The van der Waals surface area contributed by atoms with Crippen LogP contribution in [0.2, 0.25) is 0 Å². The molecule has 1 fully saturated rings. The first-order chi connectivity index (χ1) is 15.7. The summed E-state index contributed by atoms with van der Waals surface area (Å²) in [7, 11) is 0. The molecule has 1 N–H and O–H groups in total. The van der Waals surface area contributed by atoms with Crippen molar-refractivity contribution in [1.29, 1.82) is 0 Å². The second kappa shape index (κ2) is 8.17. The fraction of sp³-hybridized carbons (Fsp3) is 0.538. The smallest absolute Gasteiger partial charge is 0.481 e. The number of fused-ring (bicyclic) bond motifs is 1. The molecule has 3 aliphatic rings. The number of allylic oxidation sites excluding steroid dienone is 3. The van der Waals surface area contributed by atoms with E-state index in [1.807, 2.05) is 40.7 Å². The molecule has 5 nitrogen and oxygen atoms in total. The van der Waals surface area contributed by atoms with Crippen molar-refractivity contribution in [1.82, 2.24) is 0 Å². The number of alkyl halides is 3. The molecule has 1 aromatic carbocycles. The van der Waals surface area contributed by atoms with Crippen molar-refractivity contribution >= 4 is 23.1 Å². The van der Waals surface area contributed by atoms with E-state index in [2.05, 4.69) is 4.74 Å². The molecule has 0 aromatic heterocycles. The third-order valence-corrected chi connectivity index (χ3v) is 7.15. The van der Waals surface area contributed by atoms with Crippen molar-refractivity contribution < 1.29 is 32.6 Å². The predicted molar refractivity (Wildman–Crippen MR) is 122 cm³/mol. The van der Waals surface area contributed by atoms with E-state index in [1.165, 1.54) is 6.08 Å². The fourth-order valence-corrected chi connectivity index (χ4v) is 5.42. The molecular weight excluding hydrogens is 447 g/mol. The van der Waals surface area contributed by atoms with Crippen molar-refractivity contribution in [2.75, 3.05) is 4.90 Å². The quantitative estimate of drug-likeness (QED) is 0.568. The molecule has 4 rings (SSSR count). The highest BCUT2D eigenvalue weighted by Gasteiger charge is 2.48. The number of amides is 1. The van der Waals surface area contributed by atoms with Crippen LogP contribution in [0.1, 0.15) is 63.6 Å². The molecule has 3 atom stereocenters. The SMILES string of the molecule is Cc1cc2c(cc1C1=CC([C@H]3C[C@@H]3C(=O)O)CC=C1OC(F)(F)F)N(C(C)C)C(=O)CC2(C)C. The molecule has 1 amide bonds. The van der Waals surface area contributed by atoms with Crippen LogP contribution in [-0.4, -0.2) is 29.4 Å². The summed E-state index contributed by atoms with van der Waals surface area (Å²) in [5.74, 6) is -1.95. The molecule has 0 bridgehead atoms. The molecule has 1 saturated carbocycles. The maximum atomic E-state index is 13.2. The molecule has 0 spiro atoms. The number of carbonyl (C=O) groups is 2. The third-order valence-electron chi connectivity index (χ3n) is 7.15. The van der Waals surface area contributed by atoms with Crippen molar-refractivity contribution in [3.8, 4) is 0 Å². The average Bonchev–Trinajstić information content (AvgIpc) is 3.48. The van der Waals surface area contributed by atoms with Gasteiger partial charge in [0.25, 0.3) is 0 Å². The Hall–Kier alpha value is -2.77. The fourth-order valence-electron chi connectivity index (χ4n) is 5.42. The lowest BCUT2D eigenvalue weighted by Crippen LogP contribution is -2.45. The van der Waals surface area contributed by atoms with Gasteiger partial charge in [-0.25, -0.2) is 0 Å². The number of rotatable bonds is 5. The summed E-state index contributed by atoms with van der Waals surface area (Å²) < 4.78 is 44.1. The Balaban J connectivity index is 1.84. The standard InChI is InChI=1S/C26H30F3NO4/c1-13(2)30-21-11-16(14(3)8-20(21)25(4,5)12-23(30)31)18-9-15(17-10-19(17)24(32)33)6-7-22(18)34-26(27,28)29/h7-9,11,13,15,17,19H,6,10,12H2,1-5H3,(H,32,33)/t15?,17-,19+/m1/s1. The van der Waals surface area contributed by atoms with Crippen LogP contribution >= 0.6 is 0 Å². The number of carbonyl (C=O) groups excluding carboxylic acids is 1. The minimum absolute atomic E-state index is 0.0256. The lowest BCUT2D eigenvalue weighted by molar-refractivity contribution is -0.302. The summed E-state index contributed by atoms with van der Waals surface area (Å²) in [4.78, 5) is 26.0. The van der Waals surface area contributed by atoms with Crippen LogP contribution in [0, 0.1) is 24.7 Å². The first-order valence-corrected chi connectivity index (χ1v) is 11.6. The van der Waals surface area contributed by atoms with Gasteiger partial charge in [0.05, 0.1) is 5.92 Å². The van der Waals surface area contributed by atoms with E-state index < -0.39 is 23.7 Å². The number of aryl methyl sites for hydroxylation is 1. The lowest BCUT2D eigenvalue weighted by Gasteiger charge is -2.41. The van der Waals surface area contributed by atoms with E-state index in [1.54, 1.807) is 17.0 Å². The van der Waals surface area contributed by atoms with Crippen LogP contribution in [0.25, 0.3) is 5.57 Å². The number of carboxylic acids is 1. The molecule has 0 saturated heterocycles. The largest absolute Gasteiger partial charge is 0.573 e. The maximum Gasteiger partial charge on any atom is 0.573 e. The Morgan fingerprint density at radius 3 is 2.50 bits per heavy atom. The van der Waals surface area contributed by atoms with E-state index >= 15 is 0 Å². The van der Waals surface area contributed by atoms with Crippen molar-refractivity contribution in [2.24, 2.45) is 17.8 Å². The van der Waals surface area contributed by atoms with E-state index in [9.17, 15) is 27.9 Å². The molecule has 0 radical (unpaired) electrons. The van der Waals surface area contributed by atoms with Crippen molar-refractivity contribution in [2.45, 2.75) is 71.7 Å². The minimum atomic E-state index is -4.86. The average molecular weight is 478 g/mol. The van der Waals surface area contributed by atoms with Gasteiger partial charge >= 0.3 is 12.3 Å². The van der Waals surface area contributed by atoms with Gasteiger partial charge in [-0.2, -0.15) is 0 Å². The van der Waals surface area contributed by atoms with Crippen molar-refractivity contribution in [3.05, 3.63) is 46.7 Å². The van der Waals surface area contributed by atoms with Gasteiger partial charge < -0.3 is 14.7 Å². The molecule has 34 heavy (non-hydrogen) atoms. The minimum Gasteiger partial charge on any atom is -0.481 e. The normalized spacial score (nSPS) is 26.1. The number of ether oxygens (including phenoxy) is 1. The number of halogens is 3. The first kappa shape index (κ1) is 24.4. The summed E-state index contributed by atoms with van der Waals surface area (Å²) in [5, 5.41) is 9.33. The monoisotopic (exact) mass is 477 g/mol. The highest BCUT2D eigenvalue weighted by Crippen LogP contribution is 2.51. The number of hydrogen-bond acceptors (Lipinski definition) is 3. The number of nitrogens with zero attached hydrogens (tertiary/aromatic N) is 1. The Morgan fingerprint density at radius 2 is 1.94 bits per heavy atom. The van der Waals surface area contributed by atoms with Crippen molar-refractivity contribution in [3.63, 3.8) is 0 Å². The molecular formula is C26H30F3NO4. The van der Waals surface area contributed by atoms with E-state index in [-0.39, 0.29) is 36.0 Å². The number of aliphatic carboxylic acids is 1. The second-order valence-corrected chi connectivity index (χ2v) is 10.5. The van der Waals surface area contributed by atoms with Crippen LogP contribution in [-0.2, 0) is 19.7 Å². The summed E-state index contributed by atoms with van der Waals surface area (Å²) >= 11 is 0. The van der Waals surface area contributed by atoms with Crippen LogP contribution in [0.15, 0.2) is 30.0 Å². The zero-order valence-corrected chi connectivity index (χ0v) is 20.0. The van der Waals surface area contributed by atoms with Gasteiger partial charge in [0, 0.05) is 29.1 Å². The molecule has 1 unspecified atom stereocenters.